The Morgan fingerprint density at radius 3 is 2.41 bits per heavy atom. The highest BCUT2D eigenvalue weighted by Crippen LogP contribution is 2.41. The molecule has 3 aromatic rings. The normalized spacial score (nSPS) is 14.7. The number of hydrogen-bond donors (Lipinski definition) is 3. The molecule has 0 fully saturated rings. The Morgan fingerprint density at radius 2 is 1.73 bits per heavy atom. The average molecular weight is 538 g/mol. The van der Waals surface area contributed by atoms with E-state index in [1.54, 1.807) is 6.92 Å². The highest BCUT2D eigenvalue weighted by atomic mass is 35.5. The van der Waals surface area contributed by atoms with Crippen molar-refractivity contribution < 1.29 is 36.3 Å². The predicted molar refractivity (Wildman–Crippen MR) is 125 cm³/mol. The molecule has 6 nitrogen and oxygen atoms in total. The number of nitrogens with one attached hydrogen (secondary N) is 3. The molecule has 1 heterocycles. The lowest BCUT2D eigenvalue weighted by Gasteiger charge is -2.19. The van der Waals surface area contributed by atoms with E-state index in [0.29, 0.717) is 12.1 Å². The summed E-state index contributed by atoms with van der Waals surface area (Å²) in [6, 6.07) is 6.40. The first-order valence-corrected chi connectivity index (χ1v) is 11.2. The maximum Gasteiger partial charge on any atom is 0.416 e. The summed E-state index contributed by atoms with van der Waals surface area (Å²) >= 11 is 6.23. The smallest absolute Gasteiger partial charge is 0.341 e. The Hall–Kier alpha value is -3.99. The molecule has 1 aliphatic rings. The van der Waals surface area contributed by atoms with Gasteiger partial charge in [-0.2, -0.15) is 13.2 Å². The van der Waals surface area contributed by atoms with E-state index in [-0.39, 0.29) is 45.6 Å². The van der Waals surface area contributed by atoms with Gasteiger partial charge in [0.15, 0.2) is 0 Å². The minimum absolute atomic E-state index is 0.00440. The van der Waals surface area contributed by atoms with Gasteiger partial charge in [0, 0.05) is 45.1 Å². The molecule has 4 rings (SSSR count). The second-order valence-corrected chi connectivity index (χ2v) is 8.55. The molecule has 37 heavy (non-hydrogen) atoms. The van der Waals surface area contributed by atoms with Crippen molar-refractivity contribution >= 4 is 40.7 Å². The van der Waals surface area contributed by atoms with Crippen molar-refractivity contribution in [2.24, 2.45) is 0 Å². The molecule has 0 saturated heterocycles. The first kappa shape index (κ1) is 26.1. The molecule has 0 saturated carbocycles. The van der Waals surface area contributed by atoms with E-state index >= 15 is 0 Å². The van der Waals surface area contributed by atoms with Crippen LogP contribution in [0.15, 0.2) is 48.5 Å². The van der Waals surface area contributed by atoms with E-state index in [1.165, 1.54) is 18.2 Å². The van der Waals surface area contributed by atoms with Crippen molar-refractivity contribution in [3.05, 3.63) is 93.0 Å². The van der Waals surface area contributed by atoms with Crippen LogP contribution in [0.3, 0.4) is 0 Å². The van der Waals surface area contributed by atoms with Gasteiger partial charge in [0.2, 0.25) is 5.91 Å². The minimum Gasteiger partial charge on any atom is -0.341 e. The number of fused-ring (bicyclic) bond motifs is 1. The summed E-state index contributed by atoms with van der Waals surface area (Å²) in [7, 11) is 0. The van der Waals surface area contributed by atoms with Crippen molar-refractivity contribution in [2.45, 2.75) is 25.6 Å². The number of halogens is 6. The molecule has 1 aliphatic heterocycles. The fourth-order valence-corrected chi connectivity index (χ4v) is 4.13. The molecule has 3 amide bonds. The molecule has 1 atom stereocenters. The fourth-order valence-electron chi connectivity index (χ4n) is 3.91. The van der Waals surface area contributed by atoms with Crippen LogP contribution in [0.25, 0.3) is 0 Å². The number of benzene rings is 3. The molecular weight excluding hydrogens is 521 g/mol. The summed E-state index contributed by atoms with van der Waals surface area (Å²) in [5, 5.41) is 7.66. The molecule has 12 heteroatoms. The molecule has 0 aliphatic carbocycles. The van der Waals surface area contributed by atoms with Crippen molar-refractivity contribution in [2.75, 3.05) is 10.6 Å². The van der Waals surface area contributed by atoms with E-state index in [1.807, 2.05) is 0 Å². The Bertz CT molecular complexity index is 1440. The van der Waals surface area contributed by atoms with Crippen molar-refractivity contribution in [3.63, 3.8) is 0 Å². The van der Waals surface area contributed by atoms with E-state index in [0.717, 1.165) is 12.1 Å². The molecule has 3 N–H and O–H groups in total. The lowest BCUT2D eigenvalue weighted by molar-refractivity contribution is -0.137. The Labute approximate surface area is 211 Å². The summed E-state index contributed by atoms with van der Waals surface area (Å²) < 4.78 is 67.4. The second-order valence-electron chi connectivity index (χ2n) is 8.14. The SMILES string of the molecule is CCC(=O)Nc1cc(NC(=O)c2cc(F)cc(C(F)(F)F)c2)c2c(c1)C(=O)NC2c1cc(F)ccc1Cl. The average Bonchev–Trinajstić information content (AvgIpc) is 3.16. The summed E-state index contributed by atoms with van der Waals surface area (Å²) in [5.41, 5.74) is -1.69. The van der Waals surface area contributed by atoms with Gasteiger partial charge in [-0.25, -0.2) is 8.78 Å². The van der Waals surface area contributed by atoms with Crippen molar-refractivity contribution in [1.82, 2.24) is 5.32 Å². The van der Waals surface area contributed by atoms with Gasteiger partial charge in [0.1, 0.15) is 11.6 Å². The zero-order valence-corrected chi connectivity index (χ0v) is 19.7. The fraction of sp³-hybridized carbons (Fsp3) is 0.160. The van der Waals surface area contributed by atoms with E-state index in [2.05, 4.69) is 16.0 Å². The monoisotopic (exact) mass is 537 g/mol. The van der Waals surface area contributed by atoms with Gasteiger partial charge in [0.05, 0.1) is 11.6 Å². The highest BCUT2D eigenvalue weighted by molar-refractivity contribution is 6.31. The molecule has 1 unspecified atom stereocenters. The number of rotatable bonds is 5. The summed E-state index contributed by atoms with van der Waals surface area (Å²) in [4.78, 5) is 37.7. The standard InChI is InChI=1S/C25H17ClF5N3O3/c1-2-20(35)32-15-9-17-21(22(34-24(17)37)16-8-13(27)3-4-18(16)26)19(10-15)33-23(36)11-5-12(25(29,30)31)7-14(28)6-11/h3-10,22H,2H2,1H3,(H,32,35)(H,33,36)(H,34,37). The number of carbonyl (C=O) groups is 3. The molecule has 0 spiro atoms. The zero-order chi connectivity index (χ0) is 27.1. The van der Waals surface area contributed by atoms with Gasteiger partial charge < -0.3 is 16.0 Å². The maximum absolute atomic E-state index is 14.0. The Kier molecular flexibility index (Phi) is 6.92. The van der Waals surface area contributed by atoms with Gasteiger partial charge in [-0.05, 0) is 48.5 Å². The van der Waals surface area contributed by atoms with Crippen LogP contribution in [-0.4, -0.2) is 17.7 Å². The van der Waals surface area contributed by atoms with Crippen LogP contribution in [0.2, 0.25) is 5.02 Å². The molecule has 0 radical (unpaired) electrons. The lowest BCUT2D eigenvalue weighted by atomic mass is 9.95. The third-order valence-corrected chi connectivity index (χ3v) is 5.94. The largest absolute Gasteiger partial charge is 0.416 e. The van der Waals surface area contributed by atoms with Crippen molar-refractivity contribution in [3.8, 4) is 0 Å². The van der Waals surface area contributed by atoms with Gasteiger partial charge in [-0.15, -0.1) is 0 Å². The summed E-state index contributed by atoms with van der Waals surface area (Å²) in [5.74, 6) is -4.10. The van der Waals surface area contributed by atoms with E-state index in [9.17, 15) is 36.3 Å². The molecule has 3 aromatic carbocycles. The van der Waals surface area contributed by atoms with Gasteiger partial charge >= 0.3 is 6.18 Å². The first-order valence-electron chi connectivity index (χ1n) is 10.8. The minimum atomic E-state index is -4.90. The Morgan fingerprint density at radius 1 is 1.00 bits per heavy atom. The predicted octanol–water partition coefficient (Wildman–Crippen LogP) is 6.07. The lowest BCUT2D eigenvalue weighted by Crippen LogP contribution is -2.21. The Balaban J connectivity index is 1.83. The third-order valence-electron chi connectivity index (χ3n) is 5.60. The van der Waals surface area contributed by atoms with E-state index in [4.69, 9.17) is 11.6 Å². The molecule has 192 valence electrons. The second kappa shape index (κ2) is 9.81. The van der Waals surface area contributed by atoms with Crippen LogP contribution in [0.5, 0.6) is 0 Å². The van der Waals surface area contributed by atoms with Crippen LogP contribution in [-0.2, 0) is 11.0 Å². The van der Waals surface area contributed by atoms with Crippen molar-refractivity contribution in [1.29, 1.82) is 0 Å². The summed E-state index contributed by atoms with van der Waals surface area (Å²) in [6.07, 6.45) is -4.81. The maximum atomic E-state index is 14.0. The molecule has 0 aromatic heterocycles. The number of amides is 3. The topological polar surface area (TPSA) is 87.3 Å². The molecular formula is C25H17ClF5N3O3. The highest BCUT2D eigenvalue weighted by Gasteiger charge is 2.36. The van der Waals surface area contributed by atoms with Gasteiger partial charge in [-0.1, -0.05) is 18.5 Å². The first-order chi connectivity index (χ1) is 17.4. The zero-order valence-electron chi connectivity index (χ0n) is 18.9. The quantitative estimate of drug-likeness (QED) is 0.345. The van der Waals surface area contributed by atoms with Crippen LogP contribution >= 0.6 is 11.6 Å². The number of carbonyl (C=O) groups excluding carboxylic acids is 3. The van der Waals surface area contributed by atoms with E-state index < -0.39 is 52.7 Å². The van der Waals surface area contributed by atoms with Crippen LogP contribution in [0, 0.1) is 11.6 Å². The van der Waals surface area contributed by atoms with Crippen LogP contribution < -0.4 is 16.0 Å². The van der Waals surface area contributed by atoms with Gasteiger partial charge in [0.25, 0.3) is 11.8 Å². The number of anilines is 2. The van der Waals surface area contributed by atoms with Gasteiger partial charge in [-0.3, -0.25) is 14.4 Å². The van der Waals surface area contributed by atoms with Crippen LogP contribution in [0.4, 0.5) is 33.3 Å². The number of alkyl halides is 3. The molecule has 0 bridgehead atoms. The third kappa shape index (κ3) is 5.41. The summed E-state index contributed by atoms with van der Waals surface area (Å²) in [6.45, 7) is 1.59. The van der Waals surface area contributed by atoms with Crippen LogP contribution in [0.1, 0.15) is 56.8 Å². The number of hydrogen-bond acceptors (Lipinski definition) is 3.